The summed E-state index contributed by atoms with van der Waals surface area (Å²) in [6, 6.07) is 5.28. The van der Waals surface area contributed by atoms with E-state index in [-0.39, 0.29) is 24.5 Å². The second-order valence-electron chi connectivity index (χ2n) is 7.42. The van der Waals surface area contributed by atoms with Gasteiger partial charge in [-0.05, 0) is 31.9 Å². The summed E-state index contributed by atoms with van der Waals surface area (Å²) < 4.78 is 5.75. The number of nitrogens with zero attached hydrogens (tertiary/aromatic N) is 2. The summed E-state index contributed by atoms with van der Waals surface area (Å²) in [5.41, 5.74) is 0.830. The van der Waals surface area contributed by atoms with Gasteiger partial charge in [0.1, 0.15) is 5.58 Å². The monoisotopic (exact) mass is 376 g/mol. The fourth-order valence-corrected chi connectivity index (χ4v) is 3.68. The number of aliphatic hydroxyl groups is 1. The number of likely N-dealkylation sites (N-methyl/N-ethyl adjacent to an activating group) is 1. The van der Waals surface area contributed by atoms with Crippen LogP contribution in [0, 0.1) is 12.3 Å². The molecule has 1 aliphatic heterocycles. The van der Waals surface area contributed by atoms with Crippen LogP contribution in [0.5, 0.6) is 0 Å². The van der Waals surface area contributed by atoms with Crippen LogP contribution in [0.3, 0.4) is 0 Å². The zero-order valence-corrected chi connectivity index (χ0v) is 15.5. The van der Waals surface area contributed by atoms with E-state index in [2.05, 4.69) is 0 Å². The van der Waals surface area contributed by atoms with Gasteiger partial charge in [-0.1, -0.05) is 11.6 Å². The first kappa shape index (κ1) is 17.4. The van der Waals surface area contributed by atoms with Crippen molar-refractivity contribution in [3.8, 4) is 0 Å². The minimum atomic E-state index is -0.553. The molecule has 2 aliphatic rings. The molecule has 7 heteroatoms. The van der Waals surface area contributed by atoms with Crippen molar-refractivity contribution in [3.63, 3.8) is 0 Å². The molecule has 0 radical (unpaired) electrons. The molecule has 4 rings (SSSR count). The van der Waals surface area contributed by atoms with Crippen molar-refractivity contribution in [2.24, 2.45) is 5.41 Å². The van der Waals surface area contributed by atoms with Crippen molar-refractivity contribution in [2.75, 3.05) is 26.7 Å². The lowest BCUT2D eigenvalue weighted by molar-refractivity contribution is -0.145. The topological polar surface area (TPSA) is 74.0 Å². The van der Waals surface area contributed by atoms with Crippen LogP contribution in [0.4, 0.5) is 0 Å². The van der Waals surface area contributed by atoms with Crippen molar-refractivity contribution in [1.82, 2.24) is 9.80 Å². The van der Waals surface area contributed by atoms with Crippen LogP contribution in [0.15, 0.2) is 22.6 Å². The lowest BCUT2D eigenvalue weighted by Gasteiger charge is -2.45. The largest absolute Gasteiger partial charge is 0.451 e. The first-order valence-corrected chi connectivity index (χ1v) is 9.10. The van der Waals surface area contributed by atoms with Gasteiger partial charge in [0.2, 0.25) is 5.91 Å². The smallest absolute Gasteiger partial charge is 0.290 e. The second kappa shape index (κ2) is 5.99. The molecule has 138 valence electrons. The second-order valence-corrected chi connectivity index (χ2v) is 7.85. The lowest BCUT2D eigenvalue weighted by atomic mass is 10.0. The van der Waals surface area contributed by atoms with Crippen LogP contribution < -0.4 is 0 Å². The van der Waals surface area contributed by atoms with Crippen LogP contribution in [0.2, 0.25) is 5.02 Å². The molecule has 2 heterocycles. The average Bonchev–Trinajstić information content (AvgIpc) is 3.32. The molecule has 0 unspecified atom stereocenters. The zero-order valence-electron chi connectivity index (χ0n) is 14.8. The Balaban J connectivity index is 1.46. The average molecular weight is 377 g/mol. The van der Waals surface area contributed by atoms with Crippen molar-refractivity contribution >= 4 is 34.4 Å². The normalized spacial score (nSPS) is 18.7. The molecular weight excluding hydrogens is 356 g/mol. The third-order valence-corrected chi connectivity index (χ3v) is 5.96. The van der Waals surface area contributed by atoms with E-state index >= 15 is 0 Å². The molecule has 2 amide bonds. The highest BCUT2D eigenvalue weighted by atomic mass is 35.5. The Morgan fingerprint density at radius 1 is 1.38 bits per heavy atom. The van der Waals surface area contributed by atoms with Gasteiger partial charge in [0, 0.05) is 42.2 Å². The molecule has 0 bridgehead atoms. The predicted molar refractivity (Wildman–Crippen MR) is 97.2 cm³/mol. The van der Waals surface area contributed by atoms with Crippen LogP contribution in [-0.2, 0) is 4.79 Å². The fourth-order valence-electron chi connectivity index (χ4n) is 3.52. The maximum atomic E-state index is 12.9. The number of furan rings is 1. The number of amides is 2. The number of hydrogen-bond acceptors (Lipinski definition) is 4. The Kier molecular flexibility index (Phi) is 4.00. The number of benzene rings is 1. The van der Waals surface area contributed by atoms with Crippen LogP contribution in [0.25, 0.3) is 11.0 Å². The van der Waals surface area contributed by atoms with Crippen LogP contribution in [-0.4, -0.2) is 59.5 Å². The predicted octanol–water partition coefficient (Wildman–Crippen LogP) is 2.45. The number of hydrogen-bond donors (Lipinski definition) is 1. The maximum Gasteiger partial charge on any atom is 0.290 e. The highest BCUT2D eigenvalue weighted by Crippen LogP contribution is 2.47. The van der Waals surface area contributed by atoms with E-state index < -0.39 is 5.41 Å². The first-order valence-electron chi connectivity index (χ1n) is 8.72. The van der Waals surface area contributed by atoms with Crippen molar-refractivity contribution in [2.45, 2.75) is 25.8 Å². The number of likely N-dealkylation sites (tertiary alicyclic amines) is 1. The van der Waals surface area contributed by atoms with Gasteiger partial charge in [0.15, 0.2) is 5.76 Å². The summed E-state index contributed by atoms with van der Waals surface area (Å²) in [5, 5.41) is 10.8. The molecule has 26 heavy (non-hydrogen) atoms. The molecule has 2 aromatic rings. The van der Waals surface area contributed by atoms with Gasteiger partial charge in [0.05, 0.1) is 18.1 Å². The van der Waals surface area contributed by atoms with Gasteiger partial charge in [-0.15, -0.1) is 0 Å². The number of carbonyl (C=O) groups excluding carboxylic acids is 2. The molecular formula is C19H21ClN2O4. The van der Waals surface area contributed by atoms with Crippen molar-refractivity contribution < 1.29 is 19.1 Å². The van der Waals surface area contributed by atoms with Gasteiger partial charge < -0.3 is 19.3 Å². The number of rotatable bonds is 4. The standard InChI is InChI=1S/C19H21ClN2O4/c1-11-14-4-3-12(20)7-15(14)26-16(11)17(24)21(2)13-8-22(9-13)18(25)19(10-23)5-6-19/h3-4,7,13,23H,5-6,8-10H2,1-2H3. The summed E-state index contributed by atoms with van der Waals surface area (Å²) in [6.45, 7) is 2.75. The van der Waals surface area contributed by atoms with Gasteiger partial charge in [-0.3, -0.25) is 9.59 Å². The molecule has 1 saturated heterocycles. The van der Waals surface area contributed by atoms with Crippen LogP contribution in [0.1, 0.15) is 29.0 Å². The number of aliphatic hydroxyl groups excluding tert-OH is 1. The summed E-state index contributed by atoms with van der Waals surface area (Å²) in [5.74, 6) is 0.116. The molecule has 1 saturated carbocycles. The number of halogens is 1. The first-order chi connectivity index (χ1) is 12.4. The summed E-state index contributed by atoms with van der Waals surface area (Å²) in [7, 11) is 1.73. The Morgan fingerprint density at radius 3 is 2.69 bits per heavy atom. The van der Waals surface area contributed by atoms with Gasteiger partial charge in [-0.2, -0.15) is 0 Å². The number of fused-ring (bicyclic) bond motifs is 1. The van der Waals surface area contributed by atoms with E-state index in [1.54, 1.807) is 29.0 Å². The molecule has 2 fully saturated rings. The Bertz CT molecular complexity index is 896. The van der Waals surface area contributed by atoms with Crippen molar-refractivity contribution in [1.29, 1.82) is 0 Å². The van der Waals surface area contributed by atoms with Gasteiger partial charge >= 0.3 is 0 Å². The molecule has 1 aromatic carbocycles. The van der Waals surface area contributed by atoms with E-state index in [9.17, 15) is 14.7 Å². The van der Waals surface area contributed by atoms with E-state index in [0.717, 1.165) is 23.8 Å². The van der Waals surface area contributed by atoms with Crippen molar-refractivity contribution in [3.05, 3.63) is 34.5 Å². The molecule has 0 atom stereocenters. The summed E-state index contributed by atoms with van der Waals surface area (Å²) >= 11 is 5.99. The summed E-state index contributed by atoms with van der Waals surface area (Å²) in [4.78, 5) is 28.6. The molecule has 6 nitrogen and oxygen atoms in total. The van der Waals surface area contributed by atoms with E-state index in [4.69, 9.17) is 16.0 Å². The maximum absolute atomic E-state index is 12.9. The minimum absolute atomic E-state index is 0.00617. The highest BCUT2D eigenvalue weighted by molar-refractivity contribution is 6.31. The molecule has 1 aliphatic carbocycles. The van der Waals surface area contributed by atoms with Gasteiger partial charge in [-0.25, -0.2) is 0 Å². The van der Waals surface area contributed by atoms with Gasteiger partial charge in [0.25, 0.3) is 5.91 Å². The highest BCUT2D eigenvalue weighted by Gasteiger charge is 2.53. The minimum Gasteiger partial charge on any atom is -0.451 e. The quantitative estimate of drug-likeness (QED) is 0.889. The van der Waals surface area contributed by atoms with E-state index in [1.807, 2.05) is 13.0 Å². The molecule has 0 spiro atoms. The Hall–Kier alpha value is -2.05. The third-order valence-electron chi connectivity index (χ3n) is 5.72. The Labute approximate surface area is 156 Å². The number of aryl methyl sites for hydroxylation is 1. The zero-order chi connectivity index (χ0) is 18.6. The molecule has 1 aromatic heterocycles. The van der Waals surface area contributed by atoms with Crippen LogP contribution >= 0.6 is 11.6 Å². The molecule has 1 N–H and O–H groups in total. The third kappa shape index (κ3) is 2.59. The lowest BCUT2D eigenvalue weighted by Crippen LogP contribution is -2.62. The number of carbonyl (C=O) groups is 2. The Morgan fingerprint density at radius 2 is 2.08 bits per heavy atom. The SMILES string of the molecule is Cc1c(C(=O)N(C)C2CN(C(=O)C3(CO)CC3)C2)oc2cc(Cl)ccc12. The summed E-state index contributed by atoms with van der Waals surface area (Å²) in [6.07, 6.45) is 1.50. The fraction of sp³-hybridized carbons (Fsp3) is 0.474. The van der Waals surface area contributed by atoms with E-state index in [1.165, 1.54) is 0 Å². The van der Waals surface area contributed by atoms with E-state index in [0.29, 0.717) is 29.5 Å².